The quantitative estimate of drug-likeness (QED) is 0.609. The highest BCUT2D eigenvalue weighted by molar-refractivity contribution is 5.41. The van der Waals surface area contributed by atoms with Gasteiger partial charge in [0.1, 0.15) is 0 Å². The molecule has 0 saturated carbocycles. The lowest BCUT2D eigenvalue weighted by atomic mass is 10.1. The second kappa shape index (κ2) is 4.78. The van der Waals surface area contributed by atoms with Crippen molar-refractivity contribution in [2.45, 2.75) is 20.3 Å². The van der Waals surface area contributed by atoms with E-state index in [2.05, 4.69) is 31.5 Å². The monoisotopic (exact) mass is 151 g/mol. The summed E-state index contributed by atoms with van der Waals surface area (Å²) < 4.78 is 0. The second-order valence-electron chi connectivity index (χ2n) is 2.53. The average Bonchev–Trinajstić information content (AvgIpc) is 1.98. The van der Waals surface area contributed by atoms with Crippen LogP contribution in [0.15, 0.2) is 36.1 Å². The van der Waals surface area contributed by atoms with E-state index < -0.39 is 0 Å². The summed E-state index contributed by atoms with van der Waals surface area (Å²) in [6, 6.07) is 0. The minimum Gasteiger partial charge on any atom is -0.388 e. The van der Waals surface area contributed by atoms with Crippen LogP contribution in [0.2, 0.25) is 0 Å². The van der Waals surface area contributed by atoms with Gasteiger partial charge in [0.05, 0.1) is 0 Å². The second-order valence-corrected chi connectivity index (χ2v) is 2.53. The number of allylic oxidation sites excluding steroid dienone is 2. The van der Waals surface area contributed by atoms with E-state index in [1.807, 2.05) is 14.0 Å². The molecule has 1 N–H and O–H groups in total. The molecule has 11 heavy (non-hydrogen) atoms. The standard InChI is InChI=1S/C10H17N/c1-6-7-10(8(2)3)9(4)11-5/h7,11H,2,4,6H2,1,3,5H3/b10-7-. The molecule has 0 aromatic carbocycles. The largest absolute Gasteiger partial charge is 0.388 e. The van der Waals surface area contributed by atoms with Crippen LogP contribution in [0.3, 0.4) is 0 Å². The maximum Gasteiger partial charge on any atom is 0.0337 e. The highest BCUT2D eigenvalue weighted by Crippen LogP contribution is 2.13. The summed E-state index contributed by atoms with van der Waals surface area (Å²) in [6.07, 6.45) is 3.14. The van der Waals surface area contributed by atoms with Gasteiger partial charge in [0, 0.05) is 12.7 Å². The van der Waals surface area contributed by atoms with Crippen molar-refractivity contribution in [2.75, 3.05) is 7.05 Å². The first-order chi connectivity index (χ1) is 5.13. The third-order valence-corrected chi connectivity index (χ3v) is 1.49. The van der Waals surface area contributed by atoms with Gasteiger partial charge in [-0.2, -0.15) is 0 Å². The molecule has 1 nitrogen and oxygen atoms in total. The van der Waals surface area contributed by atoms with Gasteiger partial charge in [-0.05, 0) is 24.5 Å². The van der Waals surface area contributed by atoms with Gasteiger partial charge in [0.25, 0.3) is 0 Å². The summed E-state index contributed by atoms with van der Waals surface area (Å²) in [5.74, 6) is 0. The Kier molecular flexibility index (Phi) is 4.35. The Hall–Kier alpha value is -0.980. The van der Waals surface area contributed by atoms with Crippen molar-refractivity contribution in [3.8, 4) is 0 Å². The van der Waals surface area contributed by atoms with Crippen LogP contribution in [0.5, 0.6) is 0 Å². The number of hydrogen-bond acceptors (Lipinski definition) is 1. The third kappa shape index (κ3) is 3.08. The van der Waals surface area contributed by atoms with Crippen molar-refractivity contribution in [1.29, 1.82) is 0 Å². The molecule has 0 fully saturated rings. The summed E-state index contributed by atoms with van der Waals surface area (Å²) in [5.41, 5.74) is 3.14. The molecular formula is C10H17N. The fourth-order valence-electron chi connectivity index (χ4n) is 0.894. The zero-order valence-electron chi connectivity index (χ0n) is 7.70. The Morgan fingerprint density at radius 2 is 2.00 bits per heavy atom. The smallest absolute Gasteiger partial charge is 0.0337 e. The van der Waals surface area contributed by atoms with Crippen LogP contribution in [0.25, 0.3) is 0 Å². The summed E-state index contributed by atoms with van der Waals surface area (Å²) in [5, 5.41) is 3.01. The molecule has 0 heterocycles. The molecule has 0 spiro atoms. The molecule has 0 bridgehead atoms. The Morgan fingerprint density at radius 1 is 1.45 bits per heavy atom. The lowest BCUT2D eigenvalue weighted by Crippen LogP contribution is -2.07. The van der Waals surface area contributed by atoms with E-state index in [1.165, 1.54) is 0 Å². The fourth-order valence-corrected chi connectivity index (χ4v) is 0.894. The van der Waals surface area contributed by atoms with Gasteiger partial charge >= 0.3 is 0 Å². The molecule has 0 aromatic rings. The Balaban J connectivity index is 4.48. The molecule has 0 amide bonds. The van der Waals surface area contributed by atoms with Crippen LogP contribution >= 0.6 is 0 Å². The fraction of sp³-hybridized carbons (Fsp3) is 0.400. The first-order valence-electron chi connectivity index (χ1n) is 3.86. The summed E-state index contributed by atoms with van der Waals surface area (Å²) in [4.78, 5) is 0. The minimum atomic E-state index is 0.944. The lowest BCUT2D eigenvalue weighted by molar-refractivity contribution is 1.00. The molecule has 0 aliphatic carbocycles. The van der Waals surface area contributed by atoms with Crippen LogP contribution in [0.4, 0.5) is 0 Å². The SMILES string of the molecule is C=C(C)/C(=C/CC)C(=C)NC. The van der Waals surface area contributed by atoms with Crippen LogP contribution in [0.1, 0.15) is 20.3 Å². The molecular weight excluding hydrogens is 134 g/mol. The van der Waals surface area contributed by atoms with E-state index in [0.717, 1.165) is 23.3 Å². The van der Waals surface area contributed by atoms with Gasteiger partial charge in [-0.25, -0.2) is 0 Å². The van der Waals surface area contributed by atoms with Gasteiger partial charge in [-0.1, -0.05) is 26.2 Å². The Bertz CT molecular complexity index is 187. The van der Waals surface area contributed by atoms with E-state index >= 15 is 0 Å². The zero-order chi connectivity index (χ0) is 8.85. The number of likely N-dealkylation sites (N-methyl/N-ethyl adjacent to an activating group) is 1. The summed E-state index contributed by atoms with van der Waals surface area (Å²) in [7, 11) is 1.87. The van der Waals surface area contributed by atoms with Crippen molar-refractivity contribution < 1.29 is 0 Å². The summed E-state index contributed by atoms with van der Waals surface area (Å²) >= 11 is 0. The third-order valence-electron chi connectivity index (χ3n) is 1.49. The van der Waals surface area contributed by atoms with E-state index in [1.54, 1.807) is 0 Å². The van der Waals surface area contributed by atoms with Crippen LogP contribution in [-0.2, 0) is 0 Å². The number of hydrogen-bond donors (Lipinski definition) is 1. The Morgan fingerprint density at radius 3 is 2.27 bits per heavy atom. The van der Waals surface area contributed by atoms with Crippen LogP contribution in [-0.4, -0.2) is 7.05 Å². The van der Waals surface area contributed by atoms with Gasteiger partial charge in [-0.3, -0.25) is 0 Å². The lowest BCUT2D eigenvalue weighted by Gasteiger charge is -2.09. The summed E-state index contributed by atoms with van der Waals surface area (Å²) in [6.45, 7) is 11.8. The molecule has 62 valence electrons. The highest BCUT2D eigenvalue weighted by Gasteiger charge is 1.99. The molecule has 0 aromatic heterocycles. The predicted molar refractivity (Wildman–Crippen MR) is 51.4 cm³/mol. The van der Waals surface area contributed by atoms with Crippen molar-refractivity contribution in [3.05, 3.63) is 36.1 Å². The molecule has 0 saturated heterocycles. The van der Waals surface area contributed by atoms with E-state index in [0.29, 0.717) is 0 Å². The number of nitrogens with one attached hydrogen (secondary N) is 1. The molecule has 0 radical (unpaired) electrons. The number of rotatable bonds is 4. The van der Waals surface area contributed by atoms with Crippen molar-refractivity contribution in [2.24, 2.45) is 0 Å². The molecule has 0 rings (SSSR count). The van der Waals surface area contributed by atoms with E-state index in [4.69, 9.17) is 0 Å². The van der Waals surface area contributed by atoms with Crippen molar-refractivity contribution in [1.82, 2.24) is 5.32 Å². The first-order valence-corrected chi connectivity index (χ1v) is 3.86. The van der Waals surface area contributed by atoms with Crippen molar-refractivity contribution in [3.63, 3.8) is 0 Å². The first kappa shape index (κ1) is 10.0. The average molecular weight is 151 g/mol. The Labute approximate surface area is 69.5 Å². The van der Waals surface area contributed by atoms with E-state index in [-0.39, 0.29) is 0 Å². The topological polar surface area (TPSA) is 12.0 Å². The highest BCUT2D eigenvalue weighted by atomic mass is 14.8. The van der Waals surface area contributed by atoms with Crippen LogP contribution in [0, 0.1) is 0 Å². The van der Waals surface area contributed by atoms with E-state index in [9.17, 15) is 0 Å². The normalized spacial score (nSPS) is 11.0. The molecule has 0 aliphatic rings. The molecule has 0 aliphatic heterocycles. The predicted octanol–water partition coefficient (Wildman–Crippen LogP) is 2.63. The van der Waals surface area contributed by atoms with Gasteiger partial charge < -0.3 is 5.32 Å². The van der Waals surface area contributed by atoms with Gasteiger partial charge in [0.2, 0.25) is 0 Å². The zero-order valence-corrected chi connectivity index (χ0v) is 7.70. The minimum absolute atomic E-state index is 0.944. The van der Waals surface area contributed by atoms with Crippen LogP contribution < -0.4 is 5.32 Å². The molecule has 1 heteroatoms. The van der Waals surface area contributed by atoms with Crippen molar-refractivity contribution >= 4 is 0 Å². The molecule has 0 atom stereocenters. The van der Waals surface area contributed by atoms with Gasteiger partial charge in [-0.15, -0.1) is 0 Å². The van der Waals surface area contributed by atoms with Gasteiger partial charge in [0.15, 0.2) is 0 Å². The maximum absolute atomic E-state index is 3.87. The maximum atomic E-state index is 3.87. The molecule has 0 unspecified atom stereocenters.